The van der Waals surface area contributed by atoms with Crippen molar-refractivity contribution in [2.75, 3.05) is 18.4 Å². The first-order valence-corrected chi connectivity index (χ1v) is 7.71. The first kappa shape index (κ1) is 14.7. The number of aryl methyl sites for hydroxylation is 2. The predicted octanol–water partition coefficient (Wildman–Crippen LogP) is 3.07. The zero-order valence-corrected chi connectivity index (χ0v) is 12.8. The molecular formula is C13H24BrN3. The van der Waals surface area contributed by atoms with Crippen LogP contribution in [0.5, 0.6) is 0 Å². The van der Waals surface area contributed by atoms with E-state index in [-0.39, 0.29) is 0 Å². The Morgan fingerprint density at radius 3 is 2.65 bits per heavy atom. The van der Waals surface area contributed by atoms with E-state index in [9.17, 15) is 0 Å². The van der Waals surface area contributed by atoms with Gasteiger partial charge in [0.25, 0.3) is 0 Å². The summed E-state index contributed by atoms with van der Waals surface area (Å²) in [5, 5.41) is 5.68. The van der Waals surface area contributed by atoms with Gasteiger partial charge >= 0.3 is 0 Å². The Morgan fingerprint density at radius 2 is 2.12 bits per heavy atom. The van der Waals surface area contributed by atoms with Crippen molar-refractivity contribution in [1.29, 1.82) is 0 Å². The van der Waals surface area contributed by atoms with Gasteiger partial charge in [0.05, 0.1) is 11.4 Å². The highest BCUT2D eigenvalue weighted by Crippen LogP contribution is 2.09. The van der Waals surface area contributed by atoms with Gasteiger partial charge in [0.2, 0.25) is 0 Å². The van der Waals surface area contributed by atoms with Gasteiger partial charge in [-0.15, -0.1) is 0 Å². The molecule has 1 heterocycles. The number of hydrogen-bond acceptors (Lipinski definition) is 2. The molecule has 4 heteroatoms. The Labute approximate surface area is 113 Å². The first-order valence-electron chi connectivity index (χ1n) is 6.59. The van der Waals surface area contributed by atoms with E-state index in [4.69, 9.17) is 0 Å². The van der Waals surface area contributed by atoms with E-state index >= 15 is 0 Å². The molecule has 17 heavy (non-hydrogen) atoms. The summed E-state index contributed by atoms with van der Waals surface area (Å²) < 4.78 is 2.13. The molecule has 0 aromatic carbocycles. The van der Waals surface area contributed by atoms with Crippen LogP contribution in [0, 0.1) is 0 Å². The summed E-state index contributed by atoms with van der Waals surface area (Å²) in [5.74, 6) is 0. The minimum Gasteiger partial charge on any atom is -0.298 e. The van der Waals surface area contributed by atoms with Gasteiger partial charge in [-0.2, -0.15) is 5.10 Å². The highest BCUT2D eigenvalue weighted by Gasteiger charge is 2.09. The maximum Gasteiger partial charge on any atom is 0.0625 e. The van der Waals surface area contributed by atoms with Crippen LogP contribution in [0.1, 0.15) is 38.6 Å². The van der Waals surface area contributed by atoms with Gasteiger partial charge < -0.3 is 0 Å². The van der Waals surface area contributed by atoms with E-state index in [1.54, 1.807) is 0 Å². The van der Waals surface area contributed by atoms with Crippen molar-refractivity contribution in [3.63, 3.8) is 0 Å². The summed E-state index contributed by atoms with van der Waals surface area (Å²) in [6.07, 6.45) is 2.22. The minimum absolute atomic E-state index is 0.964. The molecule has 1 rings (SSSR count). The monoisotopic (exact) mass is 301 g/mol. The lowest BCUT2D eigenvalue weighted by Crippen LogP contribution is -2.25. The summed E-state index contributed by atoms with van der Waals surface area (Å²) in [6, 6.07) is 2.25. The second kappa shape index (κ2) is 7.88. The molecule has 0 radical (unpaired) electrons. The fourth-order valence-electron chi connectivity index (χ4n) is 1.95. The van der Waals surface area contributed by atoms with Gasteiger partial charge in [-0.25, -0.2) is 0 Å². The number of rotatable bonds is 8. The van der Waals surface area contributed by atoms with Crippen LogP contribution in [0.3, 0.4) is 0 Å². The Bertz CT molecular complexity index is 322. The summed E-state index contributed by atoms with van der Waals surface area (Å²) >= 11 is 3.49. The third-order valence-electron chi connectivity index (χ3n) is 3.02. The summed E-state index contributed by atoms with van der Waals surface area (Å²) in [7, 11) is 0. The van der Waals surface area contributed by atoms with Crippen LogP contribution in [0.4, 0.5) is 0 Å². The molecule has 0 aliphatic rings. The van der Waals surface area contributed by atoms with Crippen molar-refractivity contribution in [2.24, 2.45) is 0 Å². The lowest BCUT2D eigenvalue weighted by molar-refractivity contribution is 0.272. The lowest BCUT2D eigenvalue weighted by Gasteiger charge is -2.20. The zero-order chi connectivity index (χ0) is 12.7. The topological polar surface area (TPSA) is 21.1 Å². The van der Waals surface area contributed by atoms with Crippen LogP contribution in [-0.2, 0) is 19.5 Å². The second-order valence-electron chi connectivity index (χ2n) is 4.21. The van der Waals surface area contributed by atoms with Crippen molar-refractivity contribution in [3.8, 4) is 0 Å². The molecule has 0 atom stereocenters. The van der Waals surface area contributed by atoms with Crippen molar-refractivity contribution in [2.45, 2.75) is 46.7 Å². The van der Waals surface area contributed by atoms with Crippen LogP contribution in [-0.4, -0.2) is 33.1 Å². The number of halogens is 1. The number of aromatic nitrogens is 2. The molecule has 0 amide bonds. The van der Waals surface area contributed by atoms with Gasteiger partial charge in [-0.3, -0.25) is 9.58 Å². The molecular weight excluding hydrogens is 278 g/mol. The van der Waals surface area contributed by atoms with E-state index in [0.29, 0.717) is 0 Å². The standard InChI is InChI=1S/C13H24BrN3/c1-4-12-10-13(17(6-3)15-12)11-16(5-2)9-7-8-14/h10H,4-9,11H2,1-3H3. The summed E-state index contributed by atoms with van der Waals surface area (Å²) in [4.78, 5) is 2.48. The first-order chi connectivity index (χ1) is 8.24. The van der Waals surface area contributed by atoms with Crippen molar-refractivity contribution in [3.05, 3.63) is 17.5 Å². The molecule has 0 fully saturated rings. The molecule has 0 spiro atoms. The predicted molar refractivity (Wildman–Crippen MR) is 76.6 cm³/mol. The maximum absolute atomic E-state index is 4.60. The third kappa shape index (κ3) is 4.43. The molecule has 1 aromatic heterocycles. The van der Waals surface area contributed by atoms with Crippen LogP contribution in [0.15, 0.2) is 6.07 Å². The normalized spacial score (nSPS) is 11.4. The zero-order valence-electron chi connectivity index (χ0n) is 11.2. The molecule has 0 aliphatic heterocycles. The smallest absolute Gasteiger partial charge is 0.0625 e. The van der Waals surface area contributed by atoms with E-state index in [1.165, 1.54) is 17.8 Å². The molecule has 0 saturated heterocycles. The Hall–Kier alpha value is -0.350. The van der Waals surface area contributed by atoms with E-state index in [2.05, 4.69) is 57.4 Å². The molecule has 1 aromatic rings. The van der Waals surface area contributed by atoms with Gasteiger partial charge in [0.1, 0.15) is 0 Å². The summed E-state index contributed by atoms with van der Waals surface area (Å²) in [6.45, 7) is 10.8. The van der Waals surface area contributed by atoms with Gasteiger partial charge in [0, 0.05) is 18.4 Å². The number of hydrogen-bond donors (Lipinski definition) is 0. The average molecular weight is 302 g/mol. The van der Waals surface area contributed by atoms with Crippen LogP contribution in [0.2, 0.25) is 0 Å². The maximum atomic E-state index is 4.60. The van der Waals surface area contributed by atoms with Gasteiger partial charge in [0.15, 0.2) is 0 Å². The second-order valence-corrected chi connectivity index (χ2v) is 5.00. The Morgan fingerprint density at radius 1 is 1.35 bits per heavy atom. The molecule has 98 valence electrons. The van der Waals surface area contributed by atoms with Gasteiger partial charge in [-0.05, 0) is 38.9 Å². The highest BCUT2D eigenvalue weighted by molar-refractivity contribution is 9.09. The SMILES string of the molecule is CCc1cc(CN(CC)CCCBr)n(CC)n1. The van der Waals surface area contributed by atoms with Crippen molar-refractivity contribution >= 4 is 15.9 Å². The Balaban J connectivity index is 2.67. The third-order valence-corrected chi connectivity index (χ3v) is 3.58. The molecule has 3 nitrogen and oxygen atoms in total. The van der Waals surface area contributed by atoms with Gasteiger partial charge in [-0.1, -0.05) is 29.8 Å². The van der Waals surface area contributed by atoms with E-state index in [0.717, 1.165) is 37.9 Å². The van der Waals surface area contributed by atoms with E-state index < -0.39 is 0 Å². The molecule has 0 bridgehead atoms. The molecule has 0 aliphatic carbocycles. The van der Waals surface area contributed by atoms with Crippen LogP contribution < -0.4 is 0 Å². The Kier molecular flexibility index (Phi) is 6.82. The molecule has 0 unspecified atom stereocenters. The largest absolute Gasteiger partial charge is 0.298 e. The highest BCUT2D eigenvalue weighted by atomic mass is 79.9. The molecule has 0 saturated carbocycles. The quantitative estimate of drug-likeness (QED) is 0.688. The minimum atomic E-state index is 0.964. The van der Waals surface area contributed by atoms with Crippen molar-refractivity contribution < 1.29 is 0 Å². The fourth-order valence-corrected chi connectivity index (χ4v) is 2.20. The van der Waals surface area contributed by atoms with Crippen LogP contribution >= 0.6 is 15.9 Å². The lowest BCUT2D eigenvalue weighted by atomic mass is 10.3. The number of alkyl halides is 1. The molecule has 0 N–H and O–H groups in total. The van der Waals surface area contributed by atoms with Crippen LogP contribution in [0.25, 0.3) is 0 Å². The average Bonchev–Trinajstić information content (AvgIpc) is 2.76. The number of nitrogens with zero attached hydrogens (tertiary/aromatic N) is 3. The summed E-state index contributed by atoms with van der Waals surface area (Å²) in [5.41, 5.74) is 2.55. The fraction of sp³-hybridized carbons (Fsp3) is 0.769. The van der Waals surface area contributed by atoms with Crippen molar-refractivity contribution in [1.82, 2.24) is 14.7 Å². The van der Waals surface area contributed by atoms with E-state index in [1.807, 2.05) is 0 Å².